The first-order valence-corrected chi connectivity index (χ1v) is 5.33. The fourth-order valence-corrected chi connectivity index (χ4v) is 2.29. The Morgan fingerprint density at radius 2 is 2.44 bits per heavy atom. The molecule has 0 amide bonds. The molecule has 3 N–H and O–H groups in total. The van der Waals surface area contributed by atoms with E-state index in [9.17, 15) is 4.79 Å². The third-order valence-corrected chi connectivity index (χ3v) is 3.05. The number of carbonyl (C=O) groups is 1. The summed E-state index contributed by atoms with van der Waals surface area (Å²) in [6.07, 6.45) is 4.97. The van der Waals surface area contributed by atoms with Crippen molar-refractivity contribution < 1.29 is 9.90 Å². The van der Waals surface area contributed by atoms with Crippen LogP contribution < -0.4 is 10.6 Å². The lowest BCUT2D eigenvalue weighted by atomic mass is 10.2. The van der Waals surface area contributed by atoms with Gasteiger partial charge < -0.3 is 15.7 Å². The number of nitrogens with two attached hydrogens (primary N) is 1. The van der Waals surface area contributed by atoms with Gasteiger partial charge in [0.15, 0.2) is 0 Å². The topological polar surface area (TPSA) is 84.4 Å². The molecule has 0 bridgehead atoms. The van der Waals surface area contributed by atoms with Crippen molar-refractivity contribution in [1.82, 2.24) is 9.78 Å². The second-order valence-electron chi connectivity index (χ2n) is 4.10. The van der Waals surface area contributed by atoms with Gasteiger partial charge in [-0.2, -0.15) is 5.10 Å². The Balaban J connectivity index is 2.29. The average Bonchev–Trinajstić information content (AvgIpc) is 2.82. The van der Waals surface area contributed by atoms with Gasteiger partial charge >= 0.3 is 5.97 Å². The van der Waals surface area contributed by atoms with Crippen molar-refractivity contribution in [2.75, 3.05) is 11.4 Å². The summed E-state index contributed by atoms with van der Waals surface area (Å²) in [4.78, 5) is 13.0. The van der Waals surface area contributed by atoms with E-state index in [0.717, 1.165) is 12.1 Å². The molecule has 1 fully saturated rings. The predicted octanol–water partition coefficient (Wildman–Crippen LogP) is -0.199. The Bertz CT molecular complexity index is 390. The maximum absolute atomic E-state index is 11.1. The SMILES string of the molecule is Cn1cc(N2[C@H](CN)CC[C@H]2C(=O)O)cn1. The Labute approximate surface area is 93.6 Å². The first kappa shape index (κ1) is 10.9. The summed E-state index contributed by atoms with van der Waals surface area (Å²) >= 11 is 0. The number of aryl methyl sites for hydroxylation is 1. The van der Waals surface area contributed by atoms with Gasteiger partial charge in [0, 0.05) is 25.8 Å². The van der Waals surface area contributed by atoms with Gasteiger partial charge in [-0.1, -0.05) is 0 Å². The molecule has 1 aliphatic rings. The van der Waals surface area contributed by atoms with Crippen molar-refractivity contribution in [2.24, 2.45) is 12.8 Å². The van der Waals surface area contributed by atoms with Crippen LogP contribution in [0.25, 0.3) is 0 Å². The molecule has 16 heavy (non-hydrogen) atoms. The largest absolute Gasteiger partial charge is 0.480 e. The highest BCUT2D eigenvalue weighted by molar-refractivity contribution is 5.79. The van der Waals surface area contributed by atoms with Gasteiger partial charge in [0.05, 0.1) is 11.9 Å². The molecule has 2 heterocycles. The number of hydrogen-bond acceptors (Lipinski definition) is 4. The third kappa shape index (κ3) is 1.76. The molecule has 1 saturated heterocycles. The van der Waals surface area contributed by atoms with Gasteiger partial charge in [-0.05, 0) is 12.8 Å². The number of aromatic nitrogens is 2. The predicted molar refractivity (Wildman–Crippen MR) is 59.2 cm³/mol. The molecule has 0 unspecified atom stereocenters. The number of carboxylic acid groups (broad SMARTS) is 1. The number of anilines is 1. The minimum absolute atomic E-state index is 0.102. The summed E-state index contributed by atoms with van der Waals surface area (Å²) in [6.45, 7) is 0.471. The van der Waals surface area contributed by atoms with Gasteiger partial charge in [-0.3, -0.25) is 4.68 Å². The fraction of sp³-hybridized carbons (Fsp3) is 0.600. The van der Waals surface area contributed by atoms with Gasteiger partial charge in [0.25, 0.3) is 0 Å². The Morgan fingerprint density at radius 1 is 1.69 bits per heavy atom. The molecule has 0 radical (unpaired) electrons. The Hall–Kier alpha value is -1.56. The molecular weight excluding hydrogens is 208 g/mol. The average molecular weight is 224 g/mol. The quantitative estimate of drug-likeness (QED) is 0.742. The molecule has 1 aliphatic heterocycles. The van der Waals surface area contributed by atoms with Crippen LogP contribution in [0.1, 0.15) is 12.8 Å². The van der Waals surface area contributed by atoms with Crippen molar-refractivity contribution in [1.29, 1.82) is 0 Å². The zero-order valence-corrected chi connectivity index (χ0v) is 9.21. The van der Waals surface area contributed by atoms with E-state index in [-0.39, 0.29) is 6.04 Å². The molecule has 1 aromatic heterocycles. The van der Waals surface area contributed by atoms with Gasteiger partial charge in [-0.15, -0.1) is 0 Å². The molecule has 1 aromatic rings. The summed E-state index contributed by atoms with van der Waals surface area (Å²) in [6, 6.07) is -0.372. The van der Waals surface area contributed by atoms with E-state index in [4.69, 9.17) is 10.8 Å². The van der Waals surface area contributed by atoms with Gasteiger partial charge in [0.2, 0.25) is 0 Å². The van der Waals surface area contributed by atoms with E-state index in [1.165, 1.54) is 0 Å². The van der Waals surface area contributed by atoms with Crippen LogP contribution in [0.2, 0.25) is 0 Å². The summed E-state index contributed by atoms with van der Waals surface area (Å²) in [7, 11) is 1.81. The van der Waals surface area contributed by atoms with E-state index in [1.54, 1.807) is 10.9 Å². The lowest BCUT2D eigenvalue weighted by molar-refractivity contribution is -0.138. The third-order valence-electron chi connectivity index (χ3n) is 3.05. The first-order valence-electron chi connectivity index (χ1n) is 5.33. The van der Waals surface area contributed by atoms with Crippen LogP contribution in [-0.4, -0.2) is 39.5 Å². The Morgan fingerprint density at radius 3 is 2.94 bits per heavy atom. The van der Waals surface area contributed by atoms with Crippen LogP contribution >= 0.6 is 0 Å². The fourth-order valence-electron chi connectivity index (χ4n) is 2.29. The second-order valence-corrected chi connectivity index (χ2v) is 4.10. The number of aliphatic carboxylic acids is 1. The number of nitrogens with zero attached hydrogens (tertiary/aromatic N) is 3. The monoisotopic (exact) mass is 224 g/mol. The standard InChI is InChI=1S/C10H16N4O2/c1-13-6-8(5-12-13)14-7(4-11)2-3-9(14)10(15)16/h5-7,9H,2-4,11H2,1H3,(H,15,16)/t7-,9-/m0/s1. The molecule has 0 saturated carbocycles. The van der Waals surface area contributed by atoms with Crippen LogP contribution in [0.4, 0.5) is 5.69 Å². The molecule has 0 spiro atoms. The number of hydrogen-bond donors (Lipinski definition) is 2. The Kier molecular flexibility index (Phi) is 2.82. The van der Waals surface area contributed by atoms with Crippen molar-refractivity contribution in [2.45, 2.75) is 24.9 Å². The highest BCUT2D eigenvalue weighted by Crippen LogP contribution is 2.29. The molecule has 2 rings (SSSR count). The lowest BCUT2D eigenvalue weighted by Gasteiger charge is -2.28. The van der Waals surface area contributed by atoms with Crippen molar-refractivity contribution in [3.8, 4) is 0 Å². The van der Waals surface area contributed by atoms with Crippen LogP contribution in [0.5, 0.6) is 0 Å². The highest BCUT2D eigenvalue weighted by Gasteiger charge is 2.37. The van der Waals surface area contributed by atoms with Crippen LogP contribution in [0.3, 0.4) is 0 Å². The minimum Gasteiger partial charge on any atom is -0.480 e. The van der Waals surface area contributed by atoms with E-state index < -0.39 is 12.0 Å². The van der Waals surface area contributed by atoms with Crippen molar-refractivity contribution in [3.05, 3.63) is 12.4 Å². The van der Waals surface area contributed by atoms with E-state index >= 15 is 0 Å². The zero-order chi connectivity index (χ0) is 11.7. The van der Waals surface area contributed by atoms with Gasteiger partial charge in [-0.25, -0.2) is 4.79 Å². The molecule has 2 atom stereocenters. The molecule has 6 nitrogen and oxygen atoms in total. The molecule has 88 valence electrons. The van der Waals surface area contributed by atoms with Crippen molar-refractivity contribution in [3.63, 3.8) is 0 Å². The zero-order valence-electron chi connectivity index (χ0n) is 9.21. The molecular formula is C10H16N4O2. The van der Waals surface area contributed by atoms with Crippen LogP contribution in [0.15, 0.2) is 12.4 Å². The molecule has 0 aliphatic carbocycles. The lowest BCUT2D eigenvalue weighted by Crippen LogP contribution is -2.43. The maximum Gasteiger partial charge on any atom is 0.326 e. The summed E-state index contributed by atoms with van der Waals surface area (Å²) in [5, 5.41) is 13.2. The summed E-state index contributed by atoms with van der Waals surface area (Å²) in [5.74, 6) is -0.792. The second kappa shape index (κ2) is 4.13. The van der Waals surface area contributed by atoms with E-state index in [0.29, 0.717) is 13.0 Å². The van der Waals surface area contributed by atoms with Crippen molar-refractivity contribution >= 4 is 11.7 Å². The maximum atomic E-state index is 11.1. The smallest absolute Gasteiger partial charge is 0.326 e. The number of carboxylic acids is 1. The summed E-state index contributed by atoms with van der Waals surface area (Å²) in [5.41, 5.74) is 6.50. The normalized spacial score (nSPS) is 25.0. The highest BCUT2D eigenvalue weighted by atomic mass is 16.4. The molecule has 0 aromatic carbocycles. The molecule has 6 heteroatoms. The minimum atomic E-state index is -0.792. The first-order chi connectivity index (χ1) is 7.63. The van der Waals surface area contributed by atoms with E-state index in [2.05, 4.69) is 5.10 Å². The van der Waals surface area contributed by atoms with Gasteiger partial charge in [0.1, 0.15) is 6.04 Å². The summed E-state index contributed by atoms with van der Waals surface area (Å²) < 4.78 is 1.67. The van der Waals surface area contributed by atoms with E-state index in [1.807, 2.05) is 18.1 Å². The van der Waals surface area contributed by atoms with Crippen LogP contribution in [0, 0.1) is 0 Å². The van der Waals surface area contributed by atoms with Crippen LogP contribution in [-0.2, 0) is 11.8 Å². The number of rotatable bonds is 3.